The van der Waals surface area contributed by atoms with Crippen LogP contribution in [-0.2, 0) is 0 Å². The largest absolute Gasteiger partial charge is 0.311 e. The van der Waals surface area contributed by atoms with E-state index >= 15 is 0 Å². The first-order valence-corrected chi connectivity index (χ1v) is 7.40. The molecule has 2 rings (SSSR count). The van der Waals surface area contributed by atoms with Gasteiger partial charge < -0.3 is 5.32 Å². The Labute approximate surface area is 106 Å². The van der Waals surface area contributed by atoms with Gasteiger partial charge >= 0.3 is 0 Å². The fourth-order valence-corrected chi connectivity index (χ4v) is 3.45. The molecule has 2 fully saturated rings. The maximum Gasteiger partial charge on any atom is 0.0338 e. The second-order valence-corrected chi connectivity index (χ2v) is 5.75. The molecular formula is C15H28N2. The molecule has 1 unspecified atom stereocenters. The van der Waals surface area contributed by atoms with Gasteiger partial charge in [-0.2, -0.15) is 0 Å². The van der Waals surface area contributed by atoms with Crippen LogP contribution >= 0.6 is 0 Å². The fraction of sp³-hybridized carbons (Fsp3) is 0.867. The van der Waals surface area contributed by atoms with Gasteiger partial charge in [0.15, 0.2) is 0 Å². The molecule has 0 radical (unpaired) electrons. The minimum absolute atomic E-state index is 0.476. The van der Waals surface area contributed by atoms with Crippen molar-refractivity contribution >= 4 is 0 Å². The van der Waals surface area contributed by atoms with E-state index in [0.29, 0.717) is 11.6 Å². The van der Waals surface area contributed by atoms with Crippen molar-refractivity contribution in [3.63, 3.8) is 0 Å². The highest BCUT2D eigenvalue weighted by atomic mass is 15.3. The molecule has 17 heavy (non-hydrogen) atoms. The van der Waals surface area contributed by atoms with Crippen molar-refractivity contribution in [2.45, 2.75) is 64.0 Å². The topological polar surface area (TPSA) is 15.3 Å². The van der Waals surface area contributed by atoms with Gasteiger partial charge in [0, 0.05) is 31.2 Å². The molecule has 0 aromatic carbocycles. The highest BCUT2D eigenvalue weighted by molar-refractivity contribution is 5.02. The second-order valence-electron chi connectivity index (χ2n) is 5.75. The Morgan fingerprint density at radius 1 is 1.29 bits per heavy atom. The molecule has 2 aliphatic rings. The summed E-state index contributed by atoms with van der Waals surface area (Å²) in [5.74, 6) is 0. The van der Waals surface area contributed by atoms with Crippen LogP contribution in [0, 0.1) is 0 Å². The molecule has 0 aromatic rings. The summed E-state index contributed by atoms with van der Waals surface area (Å²) in [6.45, 7) is 8.02. The summed E-state index contributed by atoms with van der Waals surface area (Å²) in [5, 5.41) is 3.77. The lowest BCUT2D eigenvalue weighted by Gasteiger charge is -2.52. The predicted molar refractivity (Wildman–Crippen MR) is 74.3 cm³/mol. The van der Waals surface area contributed by atoms with Crippen LogP contribution in [0.3, 0.4) is 0 Å². The molecule has 1 heterocycles. The Bertz CT molecular complexity index is 254. The van der Waals surface area contributed by atoms with E-state index in [0.717, 1.165) is 6.54 Å². The number of hydrogen-bond acceptors (Lipinski definition) is 2. The van der Waals surface area contributed by atoms with Crippen molar-refractivity contribution in [2.24, 2.45) is 0 Å². The Hall–Kier alpha value is -0.340. The van der Waals surface area contributed by atoms with Gasteiger partial charge in [0.2, 0.25) is 0 Å². The van der Waals surface area contributed by atoms with Crippen LogP contribution in [0.4, 0.5) is 0 Å². The number of rotatable bonds is 3. The summed E-state index contributed by atoms with van der Waals surface area (Å²) in [6.07, 6.45) is 12.9. The first kappa shape index (κ1) is 13.1. The molecule has 98 valence electrons. The van der Waals surface area contributed by atoms with Crippen LogP contribution < -0.4 is 5.32 Å². The molecule has 1 aliphatic carbocycles. The lowest BCUT2D eigenvalue weighted by Crippen LogP contribution is -2.65. The van der Waals surface area contributed by atoms with Gasteiger partial charge in [-0.25, -0.2) is 0 Å². The van der Waals surface area contributed by atoms with E-state index in [-0.39, 0.29) is 0 Å². The normalized spacial score (nSPS) is 30.1. The summed E-state index contributed by atoms with van der Waals surface area (Å²) in [6, 6.07) is 0.702. The summed E-state index contributed by atoms with van der Waals surface area (Å²) < 4.78 is 0. The van der Waals surface area contributed by atoms with Gasteiger partial charge in [-0.3, -0.25) is 4.90 Å². The first-order chi connectivity index (χ1) is 8.30. The molecule has 1 saturated carbocycles. The van der Waals surface area contributed by atoms with E-state index in [2.05, 4.69) is 36.2 Å². The van der Waals surface area contributed by atoms with Gasteiger partial charge in [-0.05, 0) is 26.2 Å². The average molecular weight is 236 g/mol. The number of hydrogen-bond donors (Lipinski definition) is 1. The third-order valence-electron chi connectivity index (χ3n) is 4.67. The lowest BCUT2D eigenvalue weighted by molar-refractivity contribution is 0.0187. The Balaban J connectivity index is 2.06. The molecule has 1 aliphatic heterocycles. The zero-order valence-electron chi connectivity index (χ0n) is 11.5. The van der Waals surface area contributed by atoms with Gasteiger partial charge in [0.05, 0.1) is 0 Å². The SMILES string of the molecule is C/C=C/CN1CC(CC)NCC12CCCCC2. The highest BCUT2D eigenvalue weighted by Gasteiger charge is 2.41. The molecule has 1 saturated heterocycles. The monoisotopic (exact) mass is 236 g/mol. The lowest BCUT2D eigenvalue weighted by atomic mass is 9.78. The maximum atomic E-state index is 3.77. The van der Waals surface area contributed by atoms with E-state index in [9.17, 15) is 0 Å². The minimum atomic E-state index is 0.476. The summed E-state index contributed by atoms with van der Waals surface area (Å²) in [7, 11) is 0. The van der Waals surface area contributed by atoms with Crippen LogP contribution in [0.15, 0.2) is 12.2 Å². The number of piperazine rings is 1. The molecule has 0 bridgehead atoms. The maximum absolute atomic E-state index is 3.77. The predicted octanol–water partition coefficient (Wildman–Crippen LogP) is 2.95. The summed E-state index contributed by atoms with van der Waals surface area (Å²) in [4.78, 5) is 2.76. The Morgan fingerprint density at radius 3 is 2.71 bits per heavy atom. The Kier molecular flexibility index (Phi) is 4.63. The van der Waals surface area contributed by atoms with Crippen molar-refractivity contribution in [1.29, 1.82) is 0 Å². The fourth-order valence-electron chi connectivity index (χ4n) is 3.45. The van der Waals surface area contributed by atoms with E-state index < -0.39 is 0 Å². The van der Waals surface area contributed by atoms with E-state index in [1.807, 2.05) is 0 Å². The van der Waals surface area contributed by atoms with Gasteiger partial charge in [-0.15, -0.1) is 0 Å². The van der Waals surface area contributed by atoms with Gasteiger partial charge in [0.1, 0.15) is 0 Å². The zero-order chi connectivity index (χ0) is 12.1. The molecule has 1 atom stereocenters. The van der Waals surface area contributed by atoms with E-state index in [1.165, 1.54) is 51.6 Å². The quantitative estimate of drug-likeness (QED) is 0.758. The van der Waals surface area contributed by atoms with Crippen molar-refractivity contribution in [3.05, 3.63) is 12.2 Å². The molecule has 2 heteroatoms. The zero-order valence-corrected chi connectivity index (χ0v) is 11.5. The number of nitrogens with one attached hydrogen (secondary N) is 1. The highest BCUT2D eigenvalue weighted by Crippen LogP contribution is 2.35. The van der Waals surface area contributed by atoms with Crippen molar-refractivity contribution in [1.82, 2.24) is 10.2 Å². The van der Waals surface area contributed by atoms with Gasteiger partial charge in [0.25, 0.3) is 0 Å². The van der Waals surface area contributed by atoms with Crippen LogP contribution in [-0.4, -0.2) is 36.1 Å². The molecule has 1 spiro atoms. The molecular weight excluding hydrogens is 208 g/mol. The average Bonchev–Trinajstić information content (AvgIpc) is 2.39. The summed E-state index contributed by atoms with van der Waals surface area (Å²) >= 11 is 0. The van der Waals surface area contributed by atoms with Crippen LogP contribution in [0.5, 0.6) is 0 Å². The van der Waals surface area contributed by atoms with Crippen molar-refractivity contribution in [3.8, 4) is 0 Å². The third-order valence-corrected chi connectivity index (χ3v) is 4.67. The van der Waals surface area contributed by atoms with E-state index in [4.69, 9.17) is 0 Å². The third kappa shape index (κ3) is 2.92. The first-order valence-electron chi connectivity index (χ1n) is 7.40. The van der Waals surface area contributed by atoms with Crippen molar-refractivity contribution in [2.75, 3.05) is 19.6 Å². The minimum Gasteiger partial charge on any atom is -0.311 e. The number of allylic oxidation sites excluding steroid dienone is 1. The standard InChI is InChI=1S/C15H28N2/c1-3-5-11-17-12-14(4-2)16-13-15(17)9-7-6-8-10-15/h3,5,14,16H,4,6-13H2,1-2H3/b5-3+. The Morgan fingerprint density at radius 2 is 2.06 bits per heavy atom. The smallest absolute Gasteiger partial charge is 0.0338 e. The molecule has 2 nitrogen and oxygen atoms in total. The summed E-state index contributed by atoms with van der Waals surface area (Å²) in [5.41, 5.74) is 0.476. The van der Waals surface area contributed by atoms with Crippen LogP contribution in [0.25, 0.3) is 0 Å². The van der Waals surface area contributed by atoms with Crippen LogP contribution in [0.2, 0.25) is 0 Å². The molecule has 1 N–H and O–H groups in total. The molecule has 0 aromatic heterocycles. The second kappa shape index (κ2) is 6.01. The number of nitrogens with zero attached hydrogens (tertiary/aromatic N) is 1. The molecule has 0 amide bonds. The van der Waals surface area contributed by atoms with E-state index in [1.54, 1.807) is 0 Å². The van der Waals surface area contributed by atoms with Crippen molar-refractivity contribution < 1.29 is 0 Å². The van der Waals surface area contributed by atoms with Gasteiger partial charge in [-0.1, -0.05) is 38.3 Å². The van der Waals surface area contributed by atoms with Crippen LogP contribution in [0.1, 0.15) is 52.4 Å².